The van der Waals surface area contributed by atoms with E-state index in [9.17, 15) is 0 Å². The summed E-state index contributed by atoms with van der Waals surface area (Å²) in [6, 6.07) is 56.6. The molecule has 49 heavy (non-hydrogen) atoms. The van der Waals surface area contributed by atoms with Gasteiger partial charge in [0.2, 0.25) is 5.89 Å². The Hall–Kier alpha value is -6.19. The molecule has 9 rings (SSSR count). The Kier molecular flexibility index (Phi) is 6.98. The fourth-order valence-electron chi connectivity index (χ4n) is 7.37. The average molecular weight is 631 g/mol. The molecule has 0 fully saturated rings. The minimum atomic E-state index is 0.657. The summed E-state index contributed by atoms with van der Waals surface area (Å²) in [5.41, 5.74) is 15.9. The lowest BCUT2D eigenvalue weighted by atomic mass is 9.89. The first-order valence-corrected chi connectivity index (χ1v) is 16.9. The molecule has 0 unspecified atom stereocenters. The molecule has 3 nitrogen and oxygen atoms in total. The number of hydrogen-bond donors (Lipinski definition) is 0. The molecule has 9 aromatic rings. The van der Waals surface area contributed by atoms with Gasteiger partial charge in [0, 0.05) is 22.0 Å². The van der Waals surface area contributed by atoms with Crippen LogP contribution in [0.5, 0.6) is 0 Å². The van der Waals surface area contributed by atoms with Gasteiger partial charge in [0.05, 0.1) is 11.0 Å². The minimum absolute atomic E-state index is 0.657. The first-order valence-electron chi connectivity index (χ1n) is 16.9. The Morgan fingerprint density at radius 1 is 0.531 bits per heavy atom. The van der Waals surface area contributed by atoms with Crippen molar-refractivity contribution >= 4 is 32.9 Å². The molecule has 2 heterocycles. The van der Waals surface area contributed by atoms with Crippen LogP contribution in [0, 0.1) is 6.92 Å². The second-order valence-electron chi connectivity index (χ2n) is 12.7. The molecule has 0 bridgehead atoms. The van der Waals surface area contributed by atoms with Gasteiger partial charge in [-0.3, -0.25) is 0 Å². The molecule has 234 valence electrons. The lowest BCUT2D eigenvalue weighted by molar-refractivity contribution is 0.615. The third-order valence-corrected chi connectivity index (χ3v) is 9.70. The summed E-state index contributed by atoms with van der Waals surface area (Å²) in [6.45, 7) is 4.27. The maximum absolute atomic E-state index is 6.30. The number of aromatic nitrogens is 2. The highest BCUT2D eigenvalue weighted by atomic mass is 16.3. The number of para-hydroxylation sites is 2. The van der Waals surface area contributed by atoms with E-state index >= 15 is 0 Å². The van der Waals surface area contributed by atoms with Crippen LogP contribution < -0.4 is 0 Å². The highest BCUT2D eigenvalue weighted by molar-refractivity contribution is 6.09. The van der Waals surface area contributed by atoms with Gasteiger partial charge in [0.1, 0.15) is 5.52 Å². The second kappa shape index (κ2) is 11.8. The molecular weight excluding hydrogens is 597 g/mol. The zero-order valence-corrected chi connectivity index (χ0v) is 27.5. The molecule has 0 aliphatic carbocycles. The number of benzene rings is 7. The van der Waals surface area contributed by atoms with E-state index in [1.807, 2.05) is 0 Å². The number of hydrogen-bond acceptors (Lipinski definition) is 2. The molecule has 0 amide bonds. The monoisotopic (exact) mass is 630 g/mol. The second-order valence-corrected chi connectivity index (χ2v) is 12.7. The van der Waals surface area contributed by atoms with Crippen molar-refractivity contribution < 1.29 is 4.42 Å². The van der Waals surface area contributed by atoms with E-state index in [1.165, 1.54) is 60.8 Å². The molecule has 0 saturated heterocycles. The lowest BCUT2D eigenvalue weighted by Gasteiger charge is -2.15. The first-order chi connectivity index (χ1) is 24.2. The van der Waals surface area contributed by atoms with Crippen LogP contribution >= 0.6 is 0 Å². The molecule has 0 saturated carbocycles. The average Bonchev–Trinajstić information content (AvgIpc) is 3.74. The van der Waals surface area contributed by atoms with Gasteiger partial charge in [-0.2, -0.15) is 0 Å². The number of rotatable bonds is 6. The minimum Gasteiger partial charge on any atom is -0.436 e. The number of aryl methyl sites for hydroxylation is 2. The summed E-state index contributed by atoms with van der Waals surface area (Å²) in [4.78, 5) is 4.85. The lowest BCUT2D eigenvalue weighted by Crippen LogP contribution is -1.94. The Balaban J connectivity index is 1.08. The Morgan fingerprint density at radius 3 is 1.59 bits per heavy atom. The SMILES string of the molecule is CCc1cc(C)cc2nc(-c3ccc(-c4ccccc4-c4ccccc4-c4ccc(-n5c6ccccc6c6ccccc65)cc4)cc3)oc12. The van der Waals surface area contributed by atoms with Crippen molar-refractivity contribution in [1.82, 2.24) is 9.55 Å². The zero-order valence-electron chi connectivity index (χ0n) is 27.5. The van der Waals surface area contributed by atoms with Gasteiger partial charge in [-0.05, 0) is 100 Å². The predicted octanol–water partition coefficient (Wildman–Crippen LogP) is 12.5. The highest BCUT2D eigenvalue weighted by Gasteiger charge is 2.16. The Bertz CT molecular complexity index is 2590. The Morgan fingerprint density at radius 2 is 1.02 bits per heavy atom. The van der Waals surface area contributed by atoms with E-state index in [0.29, 0.717) is 5.89 Å². The van der Waals surface area contributed by atoms with E-state index < -0.39 is 0 Å². The van der Waals surface area contributed by atoms with Crippen molar-refractivity contribution in [3.8, 4) is 50.5 Å². The van der Waals surface area contributed by atoms with E-state index in [2.05, 4.69) is 176 Å². The van der Waals surface area contributed by atoms with Gasteiger partial charge < -0.3 is 8.98 Å². The van der Waals surface area contributed by atoms with Crippen molar-refractivity contribution in [3.63, 3.8) is 0 Å². The van der Waals surface area contributed by atoms with Gasteiger partial charge in [0.25, 0.3) is 0 Å². The smallest absolute Gasteiger partial charge is 0.227 e. The standard InChI is InChI=1S/C46H34N2O/c1-3-31-28-30(2)29-42-45(31)49-46(47-42)34-22-20-32(21-23-34)36-12-4-6-14-38(36)39-15-7-5-13-37(39)33-24-26-35(27-25-33)48-43-18-10-8-16-40(43)41-17-9-11-19-44(41)48/h4-29H,3H2,1-2H3. The number of nitrogens with zero attached hydrogens (tertiary/aromatic N) is 2. The maximum Gasteiger partial charge on any atom is 0.227 e. The predicted molar refractivity (Wildman–Crippen MR) is 204 cm³/mol. The van der Waals surface area contributed by atoms with Crippen LogP contribution in [0.1, 0.15) is 18.1 Å². The van der Waals surface area contributed by atoms with Gasteiger partial charge in [-0.1, -0.05) is 122 Å². The molecule has 2 aromatic heterocycles. The summed E-state index contributed by atoms with van der Waals surface area (Å²) in [5, 5.41) is 2.54. The summed E-state index contributed by atoms with van der Waals surface area (Å²) in [7, 11) is 0. The van der Waals surface area contributed by atoms with Crippen LogP contribution in [0.25, 0.3) is 83.4 Å². The third-order valence-electron chi connectivity index (χ3n) is 9.70. The van der Waals surface area contributed by atoms with Crippen molar-refractivity contribution in [2.45, 2.75) is 20.3 Å². The number of oxazole rings is 1. The quantitative estimate of drug-likeness (QED) is 0.183. The van der Waals surface area contributed by atoms with Crippen LogP contribution in [0.4, 0.5) is 0 Å². The number of fused-ring (bicyclic) bond motifs is 4. The molecule has 0 aliphatic rings. The van der Waals surface area contributed by atoms with Crippen LogP contribution in [0.2, 0.25) is 0 Å². The Labute approximate surface area is 285 Å². The highest BCUT2D eigenvalue weighted by Crippen LogP contribution is 2.40. The molecule has 0 N–H and O–H groups in total. The molecule has 3 heteroatoms. The summed E-state index contributed by atoms with van der Waals surface area (Å²) in [6.07, 6.45) is 0.912. The largest absolute Gasteiger partial charge is 0.436 e. The maximum atomic E-state index is 6.30. The molecule has 0 radical (unpaired) electrons. The van der Waals surface area contributed by atoms with Crippen molar-refractivity contribution in [2.75, 3.05) is 0 Å². The zero-order chi connectivity index (χ0) is 32.9. The third kappa shape index (κ3) is 4.94. The summed E-state index contributed by atoms with van der Waals surface area (Å²) in [5.74, 6) is 0.657. The van der Waals surface area contributed by atoms with Crippen LogP contribution in [0.3, 0.4) is 0 Å². The van der Waals surface area contributed by atoms with E-state index in [4.69, 9.17) is 9.40 Å². The van der Waals surface area contributed by atoms with E-state index in [1.54, 1.807) is 0 Å². The van der Waals surface area contributed by atoms with Gasteiger partial charge in [0.15, 0.2) is 5.58 Å². The topological polar surface area (TPSA) is 31.0 Å². The van der Waals surface area contributed by atoms with Crippen molar-refractivity contribution in [2.24, 2.45) is 0 Å². The fourth-order valence-corrected chi connectivity index (χ4v) is 7.37. The summed E-state index contributed by atoms with van der Waals surface area (Å²) < 4.78 is 8.66. The summed E-state index contributed by atoms with van der Waals surface area (Å²) >= 11 is 0. The van der Waals surface area contributed by atoms with Gasteiger partial charge in [-0.25, -0.2) is 4.98 Å². The van der Waals surface area contributed by atoms with Gasteiger partial charge in [-0.15, -0.1) is 0 Å². The van der Waals surface area contributed by atoms with Crippen molar-refractivity contribution in [3.05, 3.63) is 169 Å². The first kappa shape index (κ1) is 29.0. The van der Waals surface area contributed by atoms with Crippen molar-refractivity contribution in [1.29, 1.82) is 0 Å². The van der Waals surface area contributed by atoms with Crippen LogP contribution in [-0.4, -0.2) is 9.55 Å². The molecule has 7 aromatic carbocycles. The van der Waals surface area contributed by atoms with E-state index in [0.717, 1.165) is 34.3 Å². The van der Waals surface area contributed by atoms with Gasteiger partial charge >= 0.3 is 0 Å². The molecule has 0 atom stereocenters. The molecular formula is C46H34N2O. The molecule has 0 spiro atoms. The van der Waals surface area contributed by atoms with Crippen LogP contribution in [0.15, 0.2) is 162 Å². The van der Waals surface area contributed by atoms with Crippen LogP contribution in [-0.2, 0) is 6.42 Å². The normalized spacial score (nSPS) is 11.6. The van der Waals surface area contributed by atoms with E-state index in [-0.39, 0.29) is 0 Å². The molecule has 0 aliphatic heterocycles. The fraction of sp³-hybridized carbons (Fsp3) is 0.0652.